The van der Waals surface area contributed by atoms with Crippen molar-refractivity contribution < 1.29 is 29.0 Å². The highest BCUT2D eigenvalue weighted by Crippen LogP contribution is 2.65. The van der Waals surface area contributed by atoms with Gasteiger partial charge in [0, 0.05) is 12.6 Å². The van der Waals surface area contributed by atoms with Crippen LogP contribution in [0.3, 0.4) is 0 Å². The van der Waals surface area contributed by atoms with Crippen molar-refractivity contribution in [3.05, 3.63) is 25.3 Å². The van der Waals surface area contributed by atoms with E-state index in [2.05, 4.69) is 13.2 Å². The molecule has 0 aromatic carbocycles. The van der Waals surface area contributed by atoms with Crippen molar-refractivity contribution in [3.8, 4) is 0 Å². The molecule has 2 amide bonds. The lowest BCUT2D eigenvalue weighted by atomic mass is 9.65. The third-order valence-corrected chi connectivity index (χ3v) is 9.84. The van der Waals surface area contributed by atoms with Crippen molar-refractivity contribution in [1.29, 1.82) is 0 Å². The van der Waals surface area contributed by atoms with Gasteiger partial charge < -0.3 is 24.4 Å². The molecular weight excluding hydrogens is 496 g/mol. The Morgan fingerprint density at radius 1 is 1.21 bits per heavy atom. The number of unbranched alkanes of at least 4 members (excludes halogenated alkanes) is 1. The predicted molar refractivity (Wildman–Crippen MR) is 149 cm³/mol. The van der Waals surface area contributed by atoms with E-state index in [-0.39, 0.29) is 37.0 Å². The zero-order chi connectivity index (χ0) is 28.4. The van der Waals surface area contributed by atoms with Gasteiger partial charge in [0.15, 0.2) is 0 Å². The largest absolute Gasteiger partial charge is 0.465 e. The van der Waals surface area contributed by atoms with E-state index in [0.29, 0.717) is 32.2 Å². The minimum atomic E-state index is -1.12. The van der Waals surface area contributed by atoms with Gasteiger partial charge in [-0.05, 0) is 50.9 Å². The number of rotatable bonds is 13. The molecule has 3 saturated heterocycles. The number of amides is 2. The van der Waals surface area contributed by atoms with Gasteiger partial charge in [-0.15, -0.1) is 13.2 Å². The van der Waals surface area contributed by atoms with Crippen molar-refractivity contribution in [3.63, 3.8) is 0 Å². The van der Waals surface area contributed by atoms with E-state index in [1.807, 2.05) is 25.7 Å². The van der Waals surface area contributed by atoms with Crippen LogP contribution >= 0.6 is 0 Å². The van der Waals surface area contributed by atoms with Gasteiger partial charge in [0.1, 0.15) is 17.6 Å². The standard InChI is InChI=1S/C31H48N2O6/c1-6-9-13-19-38-29(37)25-24-27(35)33(23(20-34)21(4)5)26(31(24)17-16-30(25,8-3)39-31)28(36)32(18-7-2)22-14-11-10-12-15-22/h6-7,21-26,34H,1-2,8-20H2,3-5H3/t23-,24-,25+,26?,30-,31?/m0/s1. The minimum Gasteiger partial charge on any atom is -0.465 e. The zero-order valence-corrected chi connectivity index (χ0v) is 24.1. The minimum absolute atomic E-state index is 0.0765. The van der Waals surface area contributed by atoms with Gasteiger partial charge in [0.2, 0.25) is 11.8 Å². The second-order valence-electron chi connectivity index (χ2n) is 12.2. The highest BCUT2D eigenvalue weighted by atomic mass is 16.6. The number of fused-ring (bicyclic) bond motifs is 1. The molecular formula is C31H48N2O6. The van der Waals surface area contributed by atoms with E-state index in [0.717, 1.165) is 38.5 Å². The first-order chi connectivity index (χ1) is 18.7. The molecule has 3 aliphatic heterocycles. The predicted octanol–water partition coefficient (Wildman–Crippen LogP) is 4.01. The first-order valence-corrected chi connectivity index (χ1v) is 15.0. The van der Waals surface area contributed by atoms with Crippen LogP contribution in [0.5, 0.6) is 0 Å². The maximum absolute atomic E-state index is 14.7. The Bertz CT molecular complexity index is 945. The summed E-state index contributed by atoms with van der Waals surface area (Å²) in [6.07, 6.45) is 11.7. The number of likely N-dealkylation sites (tertiary alicyclic amines) is 1. The van der Waals surface area contributed by atoms with Gasteiger partial charge >= 0.3 is 5.97 Å². The van der Waals surface area contributed by atoms with E-state index >= 15 is 0 Å². The lowest BCUT2D eigenvalue weighted by Gasteiger charge is -2.43. The lowest BCUT2D eigenvalue weighted by molar-refractivity contribution is -0.165. The highest BCUT2D eigenvalue weighted by molar-refractivity contribution is 5.99. The van der Waals surface area contributed by atoms with Gasteiger partial charge in [-0.25, -0.2) is 0 Å². The third-order valence-electron chi connectivity index (χ3n) is 9.84. The topological polar surface area (TPSA) is 96.4 Å². The summed E-state index contributed by atoms with van der Waals surface area (Å²) in [6.45, 7) is 13.9. The molecule has 4 fully saturated rings. The van der Waals surface area contributed by atoms with Gasteiger partial charge in [-0.2, -0.15) is 0 Å². The van der Waals surface area contributed by atoms with Crippen LogP contribution in [-0.4, -0.2) is 81.8 Å². The molecule has 0 aromatic rings. The summed E-state index contributed by atoms with van der Waals surface area (Å²) >= 11 is 0. The number of carbonyl (C=O) groups is 3. The van der Waals surface area contributed by atoms with Crippen LogP contribution in [0.2, 0.25) is 0 Å². The molecule has 3 heterocycles. The van der Waals surface area contributed by atoms with Gasteiger partial charge in [0.25, 0.3) is 0 Å². The molecule has 39 heavy (non-hydrogen) atoms. The zero-order valence-electron chi connectivity index (χ0n) is 24.1. The molecule has 6 atom stereocenters. The van der Waals surface area contributed by atoms with E-state index in [9.17, 15) is 19.5 Å². The molecule has 1 N–H and O–H groups in total. The van der Waals surface area contributed by atoms with E-state index < -0.39 is 41.1 Å². The molecule has 218 valence electrons. The summed E-state index contributed by atoms with van der Waals surface area (Å²) in [5.74, 6) is -2.52. The summed E-state index contributed by atoms with van der Waals surface area (Å²) in [5.41, 5.74) is -1.95. The van der Waals surface area contributed by atoms with Gasteiger partial charge in [-0.3, -0.25) is 14.4 Å². The normalized spacial score (nSPS) is 32.8. The Morgan fingerprint density at radius 2 is 1.92 bits per heavy atom. The molecule has 4 aliphatic rings. The molecule has 2 bridgehead atoms. The number of allylic oxidation sites excluding steroid dienone is 1. The van der Waals surface area contributed by atoms with Gasteiger partial charge in [0.05, 0.1) is 30.8 Å². The Hall–Kier alpha value is -2.19. The van der Waals surface area contributed by atoms with Crippen molar-refractivity contribution in [2.24, 2.45) is 17.8 Å². The number of hydrogen-bond donors (Lipinski definition) is 1. The van der Waals surface area contributed by atoms with Crippen molar-refractivity contribution in [1.82, 2.24) is 9.80 Å². The van der Waals surface area contributed by atoms with Gasteiger partial charge in [-0.1, -0.05) is 52.2 Å². The maximum Gasteiger partial charge on any atom is 0.312 e. The number of nitrogens with zero attached hydrogens (tertiary/aromatic N) is 2. The molecule has 1 saturated carbocycles. The van der Waals surface area contributed by atoms with E-state index in [1.165, 1.54) is 0 Å². The smallest absolute Gasteiger partial charge is 0.312 e. The Labute approximate surface area is 233 Å². The van der Waals surface area contributed by atoms with Crippen molar-refractivity contribution >= 4 is 17.8 Å². The average Bonchev–Trinajstić information content (AvgIpc) is 3.54. The second kappa shape index (κ2) is 12.1. The molecule has 1 aliphatic carbocycles. The second-order valence-corrected chi connectivity index (χ2v) is 12.2. The van der Waals surface area contributed by atoms with Crippen LogP contribution in [0.25, 0.3) is 0 Å². The number of esters is 1. The molecule has 0 aromatic heterocycles. The maximum atomic E-state index is 14.7. The summed E-state index contributed by atoms with van der Waals surface area (Å²) in [4.78, 5) is 46.2. The molecule has 1 spiro atoms. The van der Waals surface area contributed by atoms with Crippen molar-refractivity contribution in [2.75, 3.05) is 19.8 Å². The fourth-order valence-electron chi connectivity index (χ4n) is 7.87. The summed E-state index contributed by atoms with van der Waals surface area (Å²) < 4.78 is 12.6. The SMILES string of the molecule is C=CCCCOC(=O)[C@H]1[C@H]2C(=O)N([C@@H](CO)C(C)C)C(C(=O)N(CC=C)C3CCCCC3)C23CC[C@]1(CC)O3. The first kappa shape index (κ1) is 29.8. The Kier molecular flexibility index (Phi) is 9.26. The monoisotopic (exact) mass is 544 g/mol. The summed E-state index contributed by atoms with van der Waals surface area (Å²) in [5, 5.41) is 10.5. The molecule has 4 rings (SSSR count). The third kappa shape index (κ3) is 4.96. The van der Waals surface area contributed by atoms with Crippen LogP contribution in [0.4, 0.5) is 0 Å². The Morgan fingerprint density at radius 3 is 2.51 bits per heavy atom. The first-order valence-electron chi connectivity index (χ1n) is 15.0. The number of ether oxygens (including phenoxy) is 2. The fraction of sp³-hybridized carbons (Fsp3) is 0.774. The molecule has 8 heteroatoms. The van der Waals surface area contributed by atoms with Crippen LogP contribution in [0.15, 0.2) is 25.3 Å². The molecule has 8 nitrogen and oxygen atoms in total. The lowest BCUT2D eigenvalue weighted by Crippen LogP contribution is -2.61. The summed E-state index contributed by atoms with van der Waals surface area (Å²) in [6, 6.07) is -1.39. The fourth-order valence-corrected chi connectivity index (χ4v) is 7.87. The average molecular weight is 545 g/mol. The number of carbonyl (C=O) groups excluding carboxylic acids is 3. The quantitative estimate of drug-likeness (QED) is 0.214. The number of aliphatic hydroxyl groups is 1. The van der Waals surface area contributed by atoms with Crippen LogP contribution in [0.1, 0.15) is 85.0 Å². The number of aliphatic hydroxyl groups excluding tert-OH is 1. The van der Waals surface area contributed by atoms with Crippen LogP contribution < -0.4 is 0 Å². The Balaban J connectivity index is 1.77. The van der Waals surface area contributed by atoms with E-state index in [1.54, 1.807) is 17.1 Å². The van der Waals surface area contributed by atoms with Crippen molar-refractivity contribution in [2.45, 2.75) is 114 Å². The van der Waals surface area contributed by atoms with E-state index in [4.69, 9.17) is 9.47 Å². The highest BCUT2D eigenvalue weighted by Gasteiger charge is 2.79. The molecule has 0 radical (unpaired) electrons. The molecule has 2 unspecified atom stereocenters. The van der Waals surface area contributed by atoms with Crippen LogP contribution in [0, 0.1) is 17.8 Å². The summed E-state index contributed by atoms with van der Waals surface area (Å²) in [7, 11) is 0. The number of hydrogen-bond acceptors (Lipinski definition) is 6. The van der Waals surface area contributed by atoms with Crippen LogP contribution in [-0.2, 0) is 23.9 Å².